The number of para-hydroxylation sites is 1. The van der Waals surface area contributed by atoms with E-state index in [1.807, 2.05) is 0 Å². The maximum Gasteiger partial charge on any atom is 0.259 e. The molecule has 0 saturated carbocycles. The van der Waals surface area contributed by atoms with E-state index in [0.29, 0.717) is 17.0 Å². The van der Waals surface area contributed by atoms with Crippen LogP contribution in [-0.4, -0.2) is 26.7 Å². The van der Waals surface area contributed by atoms with Crippen LogP contribution in [0.5, 0.6) is 5.75 Å². The van der Waals surface area contributed by atoms with E-state index in [1.165, 1.54) is 19.2 Å². The Hall–Kier alpha value is -2.34. The quantitative estimate of drug-likeness (QED) is 0.912. The lowest BCUT2D eigenvalue weighted by atomic mass is 10.2. The summed E-state index contributed by atoms with van der Waals surface area (Å²) in [4.78, 5) is 12.5. The van der Waals surface area contributed by atoms with Crippen molar-refractivity contribution in [2.45, 2.75) is 24.0 Å². The smallest absolute Gasteiger partial charge is 0.259 e. The maximum absolute atomic E-state index is 12.3. The van der Waals surface area contributed by atoms with E-state index in [-0.39, 0.29) is 10.8 Å². The number of carbonyl (C=O) groups is 1. The van der Waals surface area contributed by atoms with Crippen molar-refractivity contribution < 1.29 is 17.9 Å². The molecule has 2 rings (SSSR count). The van der Waals surface area contributed by atoms with Gasteiger partial charge in [-0.05, 0) is 50.2 Å². The predicted octanol–water partition coefficient (Wildman–Crippen LogP) is 3.13. The lowest BCUT2D eigenvalue weighted by Crippen LogP contribution is -2.15. The fourth-order valence-electron chi connectivity index (χ4n) is 2.03. The van der Waals surface area contributed by atoms with Gasteiger partial charge in [-0.25, -0.2) is 8.42 Å². The number of carbonyl (C=O) groups excluding carboxylic acids is 1. The normalized spacial score (nSPS) is 11.3. The Morgan fingerprint density at radius 1 is 1.04 bits per heavy atom. The van der Waals surface area contributed by atoms with Gasteiger partial charge >= 0.3 is 0 Å². The summed E-state index contributed by atoms with van der Waals surface area (Å²) in [7, 11) is -1.82. The van der Waals surface area contributed by atoms with Gasteiger partial charge in [0, 0.05) is 5.69 Å². The number of methoxy groups -OCH3 is 1. The van der Waals surface area contributed by atoms with Gasteiger partial charge in [-0.2, -0.15) is 0 Å². The molecule has 0 aliphatic carbocycles. The van der Waals surface area contributed by atoms with Gasteiger partial charge in [-0.1, -0.05) is 12.1 Å². The van der Waals surface area contributed by atoms with Crippen LogP contribution in [0.1, 0.15) is 24.2 Å². The van der Waals surface area contributed by atoms with Crippen molar-refractivity contribution in [3.63, 3.8) is 0 Å². The third kappa shape index (κ3) is 3.71. The van der Waals surface area contributed by atoms with Crippen LogP contribution in [0, 0.1) is 0 Å². The van der Waals surface area contributed by atoms with Crippen LogP contribution in [0.2, 0.25) is 0 Å². The first-order valence-electron chi connectivity index (χ1n) is 7.14. The second kappa shape index (κ2) is 6.83. The zero-order valence-corrected chi connectivity index (χ0v) is 14.1. The maximum atomic E-state index is 12.3. The fraction of sp³-hybridized carbons (Fsp3) is 0.235. The first kappa shape index (κ1) is 17.0. The third-order valence-electron chi connectivity index (χ3n) is 3.41. The molecule has 2 aromatic rings. The average molecular weight is 333 g/mol. The largest absolute Gasteiger partial charge is 0.496 e. The molecular formula is C17H19NO4S. The first-order valence-corrected chi connectivity index (χ1v) is 8.69. The minimum Gasteiger partial charge on any atom is -0.496 e. The van der Waals surface area contributed by atoms with E-state index in [1.54, 1.807) is 50.2 Å². The highest BCUT2D eigenvalue weighted by atomic mass is 32.2. The molecule has 0 aromatic heterocycles. The van der Waals surface area contributed by atoms with E-state index < -0.39 is 15.1 Å². The number of amides is 1. The number of hydrogen-bond donors (Lipinski definition) is 1. The van der Waals surface area contributed by atoms with Gasteiger partial charge in [0.1, 0.15) is 5.75 Å². The first-order chi connectivity index (χ1) is 10.9. The Labute approximate surface area is 136 Å². The lowest BCUT2D eigenvalue weighted by molar-refractivity contribution is 0.102. The molecule has 1 N–H and O–H groups in total. The molecule has 122 valence electrons. The topological polar surface area (TPSA) is 72.5 Å². The second-order valence-electron chi connectivity index (χ2n) is 5.27. The Morgan fingerprint density at radius 2 is 1.65 bits per heavy atom. The number of sulfone groups is 1. The van der Waals surface area contributed by atoms with E-state index in [9.17, 15) is 13.2 Å². The molecule has 0 spiro atoms. The summed E-state index contributed by atoms with van der Waals surface area (Å²) >= 11 is 0. The van der Waals surface area contributed by atoms with Crippen LogP contribution in [0.4, 0.5) is 5.69 Å². The van der Waals surface area contributed by atoms with E-state index >= 15 is 0 Å². The third-order valence-corrected chi connectivity index (χ3v) is 5.58. The monoisotopic (exact) mass is 333 g/mol. The van der Waals surface area contributed by atoms with E-state index in [4.69, 9.17) is 4.74 Å². The summed E-state index contributed by atoms with van der Waals surface area (Å²) in [6, 6.07) is 13.0. The van der Waals surface area contributed by atoms with Gasteiger partial charge in [0.15, 0.2) is 9.84 Å². The van der Waals surface area contributed by atoms with E-state index in [2.05, 4.69) is 5.32 Å². The highest BCUT2D eigenvalue weighted by Gasteiger charge is 2.19. The van der Waals surface area contributed by atoms with Crippen LogP contribution in [0.25, 0.3) is 0 Å². The van der Waals surface area contributed by atoms with Crippen molar-refractivity contribution in [2.24, 2.45) is 0 Å². The molecule has 0 saturated heterocycles. The molecule has 0 unspecified atom stereocenters. The van der Waals surface area contributed by atoms with Gasteiger partial charge in [-0.3, -0.25) is 4.79 Å². The molecule has 6 heteroatoms. The number of ether oxygens (including phenoxy) is 1. The van der Waals surface area contributed by atoms with E-state index in [0.717, 1.165) is 0 Å². The number of hydrogen-bond acceptors (Lipinski definition) is 4. The van der Waals surface area contributed by atoms with Crippen molar-refractivity contribution in [1.29, 1.82) is 0 Å². The molecular weight excluding hydrogens is 314 g/mol. The minimum absolute atomic E-state index is 0.239. The molecule has 0 aliphatic heterocycles. The second-order valence-corrected chi connectivity index (χ2v) is 7.78. The summed E-state index contributed by atoms with van der Waals surface area (Å²) < 4.78 is 29.3. The highest BCUT2D eigenvalue weighted by Crippen LogP contribution is 2.21. The highest BCUT2D eigenvalue weighted by molar-refractivity contribution is 7.92. The Balaban J connectivity index is 2.20. The fourth-order valence-corrected chi connectivity index (χ4v) is 3.09. The number of nitrogens with one attached hydrogen (secondary N) is 1. The van der Waals surface area contributed by atoms with Crippen molar-refractivity contribution in [3.8, 4) is 5.75 Å². The molecule has 0 fully saturated rings. The molecule has 0 atom stereocenters. The standard InChI is InChI=1S/C17H19NO4S/c1-12(2)23(20,21)14-10-8-13(9-11-14)18-17(19)15-6-4-5-7-16(15)22-3/h4-12H,1-3H3,(H,18,19). The summed E-state index contributed by atoms with van der Waals surface area (Å²) in [6.45, 7) is 3.26. The van der Waals surface area contributed by atoms with Crippen molar-refractivity contribution in [2.75, 3.05) is 12.4 Å². The molecule has 23 heavy (non-hydrogen) atoms. The number of rotatable bonds is 5. The van der Waals surface area contributed by atoms with Crippen LogP contribution in [0.15, 0.2) is 53.4 Å². The van der Waals surface area contributed by atoms with Crippen molar-refractivity contribution in [3.05, 3.63) is 54.1 Å². The Morgan fingerprint density at radius 3 is 2.22 bits per heavy atom. The zero-order chi connectivity index (χ0) is 17.0. The minimum atomic E-state index is -3.32. The van der Waals surface area contributed by atoms with Crippen LogP contribution < -0.4 is 10.1 Å². The van der Waals surface area contributed by atoms with Gasteiger partial charge < -0.3 is 10.1 Å². The SMILES string of the molecule is COc1ccccc1C(=O)Nc1ccc(S(=O)(=O)C(C)C)cc1. The van der Waals surface area contributed by atoms with Crippen LogP contribution in [0.3, 0.4) is 0 Å². The van der Waals surface area contributed by atoms with Crippen molar-refractivity contribution >= 4 is 21.4 Å². The molecule has 0 radical (unpaired) electrons. The van der Waals surface area contributed by atoms with Gasteiger partial charge in [0.25, 0.3) is 5.91 Å². The molecule has 2 aromatic carbocycles. The summed E-state index contributed by atoms with van der Waals surface area (Å²) in [5.74, 6) is 0.158. The van der Waals surface area contributed by atoms with Gasteiger partial charge in [0.2, 0.25) is 0 Å². The van der Waals surface area contributed by atoms with Gasteiger partial charge in [-0.15, -0.1) is 0 Å². The van der Waals surface area contributed by atoms with Crippen LogP contribution >= 0.6 is 0 Å². The average Bonchev–Trinajstić information content (AvgIpc) is 2.55. The Kier molecular flexibility index (Phi) is 5.05. The van der Waals surface area contributed by atoms with Crippen LogP contribution in [-0.2, 0) is 9.84 Å². The molecule has 5 nitrogen and oxygen atoms in total. The summed E-state index contributed by atoms with van der Waals surface area (Å²) in [5, 5.41) is 2.24. The van der Waals surface area contributed by atoms with Crippen molar-refractivity contribution in [1.82, 2.24) is 0 Å². The molecule has 0 heterocycles. The lowest BCUT2D eigenvalue weighted by Gasteiger charge is -2.11. The predicted molar refractivity (Wildman–Crippen MR) is 89.7 cm³/mol. The molecule has 0 aliphatic rings. The number of benzene rings is 2. The van der Waals surface area contributed by atoms with Gasteiger partial charge in [0.05, 0.1) is 22.8 Å². The molecule has 0 bridgehead atoms. The Bertz CT molecular complexity index is 796. The summed E-state index contributed by atoms with van der Waals surface area (Å²) in [6.07, 6.45) is 0. The zero-order valence-electron chi connectivity index (χ0n) is 13.2. The molecule has 1 amide bonds. The number of anilines is 1. The summed E-state index contributed by atoms with van der Waals surface area (Å²) in [5.41, 5.74) is 0.928.